The lowest BCUT2D eigenvalue weighted by atomic mass is 9.96. The maximum absolute atomic E-state index is 13.7. The molecule has 2 amide bonds. The molecule has 3 aromatic rings. The third-order valence-corrected chi connectivity index (χ3v) is 6.61. The van der Waals surface area contributed by atoms with Gasteiger partial charge in [0.15, 0.2) is 0 Å². The molecule has 2 heterocycles. The molecule has 0 aliphatic carbocycles. The van der Waals surface area contributed by atoms with Crippen LogP contribution >= 0.6 is 11.6 Å². The number of rotatable bonds is 9. The minimum absolute atomic E-state index is 0.00563. The molecular formula is C26H29ClFN5O2. The van der Waals surface area contributed by atoms with Crippen LogP contribution < -0.4 is 10.6 Å². The van der Waals surface area contributed by atoms with Crippen molar-refractivity contribution < 1.29 is 14.0 Å². The van der Waals surface area contributed by atoms with Gasteiger partial charge < -0.3 is 10.6 Å². The molecule has 0 radical (unpaired) electrons. The molecule has 9 heteroatoms. The van der Waals surface area contributed by atoms with Crippen molar-refractivity contribution in [2.45, 2.75) is 25.8 Å². The highest BCUT2D eigenvalue weighted by Gasteiger charge is 2.26. The van der Waals surface area contributed by atoms with Crippen molar-refractivity contribution in [3.63, 3.8) is 0 Å². The van der Waals surface area contributed by atoms with E-state index in [-0.39, 0.29) is 30.1 Å². The number of halogens is 2. The van der Waals surface area contributed by atoms with E-state index >= 15 is 0 Å². The number of piperidine rings is 1. The fourth-order valence-corrected chi connectivity index (χ4v) is 4.45. The second kappa shape index (κ2) is 12.0. The average Bonchev–Trinajstić information content (AvgIpc) is 3.28. The molecule has 0 spiro atoms. The van der Waals surface area contributed by atoms with E-state index in [0.717, 1.165) is 5.56 Å². The molecular weight excluding hydrogens is 469 g/mol. The molecule has 0 bridgehead atoms. The first-order valence-electron chi connectivity index (χ1n) is 11.8. The van der Waals surface area contributed by atoms with E-state index in [4.69, 9.17) is 11.6 Å². The summed E-state index contributed by atoms with van der Waals surface area (Å²) in [6, 6.07) is 15.9. The lowest BCUT2D eigenvalue weighted by Gasteiger charge is -2.30. The smallest absolute Gasteiger partial charge is 0.239 e. The highest BCUT2D eigenvalue weighted by Crippen LogP contribution is 2.19. The number of aromatic nitrogens is 2. The van der Waals surface area contributed by atoms with Gasteiger partial charge in [-0.1, -0.05) is 48.0 Å². The highest BCUT2D eigenvalue weighted by atomic mass is 35.5. The largest absolute Gasteiger partial charge is 0.356 e. The molecule has 2 N–H and O–H groups in total. The van der Waals surface area contributed by atoms with Gasteiger partial charge in [-0.15, -0.1) is 0 Å². The zero-order valence-electron chi connectivity index (χ0n) is 19.4. The van der Waals surface area contributed by atoms with Crippen LogP contribution in [0.3, 0.4) is 0 Å². The highest BCUT2D eigenvalue weighted by molar-refractivity contribution is 6.31. The molecule has 0 unspecified atom stereocenters. The zero-order valence-corrected chi connectivity index (χ0v) is 20.2. The predicted molar refractivity (Wildman–Crippen MR) is 134 cm³/mol. The van der Waals surface area contributed by atoms with Gasteiger partial charge >= 0.3 is 0 Å². The molecule has 1 aliphatic rings. The number of hydrogen-bond donors (Lipinski definition) is 2. The molecule has 4 rings (SSSR count). The summed E-state index contributed by atoms with van der Waals surface area (Å²) in [4.78, 5) is 27.2. The first kappa shape index (κ1) is 24.9. The van der Waals surface area contributed by atoms with E-state index in [0.29, 0.717) is 61.8 Å². The predicted octanol–water partition coefficient (Wildman–Crippen LogP) is 3.73. The van der Waals surface area contributed by atoms with Crippen molar-refractivity contribution in [2.75, 3.05) is 31.5 Å². The van der Waals surface area contributed by atoms with Gasteiger partial charge in [-0.05, 0) is 55.6 Å². The number of anilines is 1. The second-order valence-electron chi connectivity index (χ2n) is 8.70. The monoisotopic (exact) mass is 497 g/mol. The van der Waals surface area contributed by atoms with E-state index < -0.39 is 0 Å². The Morgan fingerprint density at radius 3 is 2.49 bits per heavy atom. The lowest BCUT2D eigenvalue weighted by molar-refractivity contribution is -0.126. The second-order valence-corrected chi connectivity index (χ2v) is 9.10. The molecule has 1 aliphatic heterocycles. The van der Waals surface area contributed by atoms with Crippen LogP contribution in [0.15, 0.2) is 60.8 Å². The Labute approximate surface area is 209 Å². The van der Waals surface area contributed by atoms with Crippen LogP contribution in [0.5, 0.6) is 0 Å². The van der Waals surface area contributed by atoms with Crippen LogP contribution in [-0.4, -0.2) is 52.7 Å². The van der Waals surface area contributed by atoms with Crippen molar-refractivity contribution in [1.29, 1.82) is 0 Å². The van der Waals surface area contributed by atoms with E-state index in [9.17, 15) is 14.0 Å². The number of nitrogens with one attached hydrogen (secondary N) is 2. The number of benzene rings is 2. The van der Waals surface area contributed by atoms with E-state index in [1.165, 1.54) is 6.07 Å². The third-order valence-electron chi connectivity index (χ3n) is 6.24. The van der Waals surface area contributed by atoms with Crippen molar-refractivity contribution in [3.8, 4) is 0 Å². The van der Waals surface area contributed by atoms with Gasteiger partial charge in [0.2, 0.25) is 11.8 Å². The maximum atomic E-state index is 13.7. The summed E-state index contributed by atoms with van der Waals surface area (Å²) >= 11 is 6.25. The van der Waals surface area contributed by atoms with E-state index in [1.54, 1.807) is 35.1 Å². The van der Waals surface area contributed by atoms with Crippen LogP contribution in [0.2, 0.25) is 5.02 Å². The Hall–Kier alpha value is -3.23. The first-order chi connectivity index (χ1) is 17.0. The van der Waals surface area contributed by atoms with Gasteiger partial charge in [-0.2, -0.15) is 5.10 Å². The molecule has 2 aromatic carbocycles. The quantitative estimate of drug-likeness (QED) is 0.472. The summed E-state index contributed by atoms with van der Waals surface area (Å²) in [5, 5.41) is 10.8. The van der Waals surface area contributed by atoms with E-state index in [2.05, 4.69) is 15.7 Å². The standard InChI is InChI=1S/C26H29ClFN5O2/c27-22-7-3-1-6-21(22)17-33-24(10-14-30-33)31-25(34)18-32-15-11-20(12-16-32)26(35)29-13-9-19-5-2-4-8-23(19)28/h1-8,10,14,20H,9,11-13,15-18H2,(H,29,35)(H,31,34). The molecule has 1 aromatic heterocycles. The van der Waals surface area contributed by atoms with Gasteiger partial charge in [-0.3, -0.25) is 14.5 Å². The maximum Gasteiger partial charge on any atom is 0.239 e. The van der Waals surface area contributed by atoms with Crippen LogP contribution in [0, 0.1) is 11.7 Å². The average molecular weight is 498 g/mol. The number of hydrogen-bond acceptors (Lipinski definition) is 4. The van der Waals surface area contributed by atoms with Crippen LogP contribution in [0.25, 0.3) is 0 Å². The minimum atomic E-state index is -0.250. The molecule has 0 atom stereocenters. The Morgan fingerprint density at radius 1 is 1.03 bits per heavy atom. The number of likely N-dealkylation sites (tertiary alicyclic amines) is 1. The number of carbonyl (C=O) groups excluding carboxylic acids is 2. The molecule has 184 valence electrons. The van der Waals surface area contributed by atoms with Crippen LogP contribution in [0.1, 0.15) is 24.0 Å². The molecule has 1 saturated heterocycles. The van der Waals surface area contributed by atoms with Gasteiger partial charge in [0, 0.05) is 23.6 Å². The molecule has 1 fully saturated rings. The van der Waals surface area contributed by atoms with Crippen molar-refractivity contribution in [3.05, 3.63) is 82.8 Å². The Balaban J connectivity index is 1.19. The molecule has 7 nitrogen and oxygen atoms in total. The zero-order chi connectivity index (χ0) is 24.6. The molecule has 0 saturated carbocycles. The fourth-order valence-electron chi connectivity index (χ4n) is 4.26. The van der Waals surface area contributed by atoms with Crippen molar-refractivity contribution >= 4 is 29.2 Å². The fraction of sp³-hybridized carbons (Fsp3) is 0.346. The Bertz CT molecular complexity index is 1160. The summed E-state index contributed by atoms with van der Waals surface area (Å²) in [7, 11) is 0. The van der Waals surface area contributed by atoms with Crippen molar-refractivity contribution in [1.82, 2.24) is 20.0 Å². The van der Waals surface area contributed by atoms with E-state index in [1.807, 2.05) is 29.2 Å². The summed E-state index contributed by atoms with van der Waals surface area (Å²) in [6.45, 7) is 2.44. The summed E-state index contributed by atoms with van der Waals surface area (Å²) in [5.74, 6) is 0.138. The number of nitrogens with zero attached hydrogens (tertiary/aromatic N) is 3. The Morgan fingerprint density at radius 2 is 1.74 bits per heavy atom. The summed E-state index contributed by atoms with van der Waals surface area (Å²) in [6.07, 6.45) is 3.47. The first-order valence-corrected chi connectivity index (χ1v) is 12.2. The lowest BCUT2D eigenvalue weighted by Crippen LogP contribution is -2.43. The van der Waals surface area contributed by atoms with Gasteiger partial charge in [0.25, 0.3) is 0 Å². The van der Waals surface area contributed by atoms with Gasteiger partial charge in [-0.25, -0.2) is 9.07 Å². The third kappa shape index (κ3) is 6.90. The number of amides is 2. The van der Waals surface area contributed by atoms with Crippen LogP contribution in [-0.2, 0) is 22.6 Å². The SMILES string of the molecule is O=C(CN1CCC(C(=O)NCCc2ccccc2F)CC1)Nc1ccnn1Cc1ccccc1Cl. The summed E-state index contributed by atoms with van der Waals surface area (Å²) < 4.78 is 15.4. The van der Waals surface area contributed by atoms with Gasteiger partial charge in [0.05, 0.1) is 19.3 Å². The Kier molecular flexibility index (Phi) is 8.50. The normalized spacial score (nSPS) is 14.6. The number of carbonyl (C=O) groups is 2. The van der Waals surface area contributed by atoms with Gasteiger partial charge in [0.1, 0.15) is 11.6 Å². The van der Waals surface area contributed by atoms with Crippen LogP contribution in [0.4, 0.5) is 10.2 Å². The van der Waals surface area contributed by atoms with Crippen molar-refractivity contribution in [2.24, 2.45) is 5.92 Å². The topological polar surface area (TPSA) is 79.3 Å². The summed E-state index contributed by atoms with van der Waals surface area (Å²) in [5.41, 5.74) is 1.52. The minimum Gasteiger partial charge on any atom is -0.356 e. The molecule has 35 heavy (non-hydrogen) atoms.